The number of carbonyl (C=O) groups is 1. The van der Waals surface area contributed by atoms with Crippen LogP contribution in [-0.2, 0) is 6.54 Å². The van der Waals surface area contributed by atoms with Crippen LogP contribution in [0.5, 0.6) is 0 Å². The van der Waals surface area contributed by atoms with E-state index in [4.69, 9.17) is 10.2 Å². The fourth-order valence-electron chi connectivity index (χ4n) is 1.97. The van der Waals surface area contributed by atoms with E-state index in [9.17, 15) is 4.79 Å². The maximum absolute atomic E-state index is 12.4. The summed E-state index contributed by atoms with van der Waals surface area (Å²) in [5.74, 6) is 1.56. The van der Waals surface area contributed by atoms with E-state index in [-0.39, 0.29) is 5.91 Å². The Labute approximate surface area is 112 Å². The van der Waals surface area contributed by atoms with Gasteiger partial charge in [-0.1, -0.05) is 6.07 Å². The van der Waals surface area contributed by atoms with Gasteiger partial charge >= 0.3 is 0 Å². The molecular weight excluding hydrogens is 240 g/mol. The fraction of sp³-hybridized carbons (Fsp3) is 0.267. The Balaban J connectivity index is 2.17. The average molecular weight is 258 g/mol. The van der Waals surface area contributed by atoms with Gasteiger partial charge in [-0.2, -0.15) is 0 Å². The number of anilines is 1. The molecule has 0 saturated carbocycles. The Kier molecular flexibility index (Phi) is 3.60. The van der Waals surface area contributed by atoms with Crippen LogP contribution in [0.2, 0.25) is 0 Å². The second-order valence-corrected chi connectivity index (χ2v) is 4.69. The number of nitrogen functional groups attached to an aromatic ring is 1. The summed E-state index contributed by atoms with van der Waals surface area (Å²) in [6.07, 6.45) is 0. The van der Waals surface area contributed by atoms with Gasteiger partial charge < -0.3 is 15.1 Å². The van der Waals surface area contributed by atoms with Crippen molar-refractivity contribution in [3.63, 3.8) is 0 Å². The molecule has 0 aliphatic heterocycles. The van der Waals surface area contributed by atoms with Gasteiger partial charge in [-0.15, -0.1) is 0 Å². The molecule has 19 heavy (non-hydrogen) atoms. The molecule has 1 amide bonds. The summed E-state index contributed by atoms with van der Waals surface area (Å²) in [7, 11) is 1.75. The zero-order chi connectivity index (χ0) is 14.0. The van der Waals surface area contributed by atoms with E-state index >= 15 is 0 Å². The minimum atomic E-state index is -0.0566. The van der Waals surface area contributed by atoms with Crippen molar-refractivity contribution in [2.24, 2.45) is 0 Å². The SMILES string of the molecule is Cc1ccc(CN(C)C(=O)c2cccc(N)c2C)o1. The molecule has 4 heteroatoms. The van der Waals surface area contributed by atoms with Crippen LogP contribution in [0.4, 0.5) is 5.69 Å². The molecule has 1 aromatic heterocycles. The molecule has 0 aliphatic rings. The third-order valence-corrected chi connectivity index (χ3v) is 3.14. The van der Waals surface area contributed by atoms with Crippen LogP contribution in [0.1, 0.15) is 27.4 Å². The number of amides is 1. The monoisotopic (exact) mass is 258 g/mol. The predicted molar refractivity (Wildman–Crippen MR) is 74.8 cm³/mol. The average Bonchev–Trinajstić information content (AvgIpc) is 2.77. The molecule has 0 saturated heterocycles. The van der Waals surface area contributed by atoms with Crippen molar-refractivity contribution in [3.05, 3.63) is 53.0 Å². The number of benzene rings is 1. The molecule has 0 fully saturated rings. The van der Waals surface area contributed by atoms with Gasteiger partial charge in [-0.05, 0) is 43.7 Å². The maximum Gasteiger partial charge on any atom is 0.254 e. The first kappa shape index (κ1) is 13.2. The topological polar surface area (TPSA) is 59.5 Å². The highest BCUT2D eigenvalue weighted by Crippen LogP contribution is 2.18. The Morgan fingerprint density at radius 1 is 1.26 bits per heavy atom. The molecule has 0 bridgehead atoms. The van der Waals surface area contributed by atoms with E-state index in [1.54, 1.807) is 30.1 Å². The molecule has 100 valence electrons. The van der Waals surface area contributed by atoms with Crippen LogP contribution in [0.15, 0.2) is 34.7 Å². The third-order valence-electron chi connectivity index (χ3n) is 3.14. The van der Waals surface area contributed by atoms with Crippen LogP contribution in [0.25, 0.3) is 0 Å². The third kappa shape index (κ3) is 2.78. The number of nitrogens with two attached hydrogens (primary N) is 1. The van der Waals surface area contributed by atoms with Crippen molar-refractivity contribution in [1.82, 2.24) is 4.90 Å². The van der Waals surface area contributed by atoms with E-state index in [1.807, 2.05) is 26.0 Å². The fourth-order valence-corrected chi connectivity index (χ4v) is 1.97. The summed E-state index contributed by atoms with van der Waals surface area (Å²) in [6, 6.07) is 9.14. The van der Waals surface area contributed by atoms with Crippen LogP contribution in [0, 0.1) is 13.8 Å². The normalized spacial score (nSPS) is 10.5. The zero-order valence-corrected chi connectivity index (χ0v) is 11.4. The standard InChI is InChI=1S/C15H18N2O2/c1-10-7-8-12(19-10)9-17(3)15(18)13-5-4-6-14(16)11(13)2/h4-8H,9,16H2,1-3H3. The molecule has 0 unspecified atom stereocenters. The van der Waals surface area contributed by atoms with Gasteiger partial charge in [0.05, 0.1) is 6.54 Å². The van der Waals surface area contributed by atoms with E-state index in [0.717, 1.165) is 17.1 Å². The number of aryl methyl sites for hydroxylation is 1. The summed E-state index contributed by atoms with van der Waals surface area (Å²) in [5, 5.41) is 0. The largest absolute Gasteiger partial charge is 0.464 e. The summed E-state index contributed by atoms with van der Waals surface area (Å²) >= 11 is 0. The quantitative estimate of drug-likeness (QED) is 0.861. The van der Waals surface area contributed by atoms with E-state index in [1.165, 1.54) is 0 Å². The molecule has 1 aromatic carbocycles. The van der Waals surface area contributed by atoms with Crippen LogP contribution in [0.3, 0.4) is 0 Å². The van der Waals surface area contributed by atoms with Crippen molar-refractivity contribution in [3.8, 4) is 0 Å². The van der Waals surface area contributed by atoms with Gasteiger partial charge in [0.2, 0.25) is 0 Å². The molecule has 4 nitrogen and oxygen atoms in total. The summed E-state index contributed by atoms with van der Waals surface area (Å²) in [6.45, 7) is 4.18. The van der Waals surface area contributed by atoms with Crippen LogP contribution >= 0.6 is 0 Å². The second kappa shape index (κ2) is 5.18. The van der Waals surface area contributed by atoms with E-state index < -0.39 is 0 Å². The summed E-state index contributed by atoms with van der Waals surface area (Å²) in [5.41, 5.74) is 7.90. The van der Waals surface area contributed by atoms with Crippen molar-refractivity contribution in [2.75, 3.05) is 12.8 Å². The molecule has 0 aliphatic carbocycles. The second-order valence-electron chi connectivity index (χ2n) is 4.69. The van der Waals surface area contributed by atoms with Crippen molar-refractivity contribution in [2.45, 2.75) is 20.4 Å². The summed E-state index contributed by atoms with van der Waals surface area (Å²) < 4.78 is 5.48. The minimum absolute atomic E-state index is 0.0566. The Hall–Kier alpha value is -2.23. The smallest absolute Gasteiger partial charge is 0.254 e. The predicted octanol–water partition coefficient (Wildman–Crippen LogP) is 2.75. The van der Waals surface area contributed by atoms with Gasteiger partial charge in [0.15, 0.2) is 0 Å². The van der Waals surface area contributed by atoms with Crippen molar-refractivity contribution >= 4 is 11.6 Å². The van der Waals surface area contributed by atoms with Crippen LogP contribution in [-0.4, -0.2) is 17.9 Å². The lowest BCUT2D eigenvalue weighted by Crippen LogP contribution is -2.26. The van der Waals surface area contributed by atoms with Gasteiger partial charge in [0.1, 0.15) is 11.5 Å². The number of rotatable bonds is 3. The Morgan fingerprint density at radius 3 is 2.63 bits per heavy atom. The minimum Gasteiger partial charge on any atom is -0.464 e. The number of nitrogens with zero attached hydrogens (tertiary/aromatic N) is 1. The van der Waals surface area contributed by atoms with Gasteiger partial charge in [-0.3, -0.25) is 4.79 Å². The number of hydrogen-bond acceptors (Lipinski definition) is 3. The highest BCUT2D eigenvalue weighted by atomic mass is 16.3. The molecule has 2 N–H and O–H groups in total. The maximum atomic E-state index is 12.4. The number of hydrogen-bond donors (Lipinski definition) is 1. The van der Waals surface area contributed by atoms with Crippen LogP contribution < -0.4 is 5.73 Å². The molecule has 0 radical (unpaired) electrons. The highest BCUT2D eigenvalue weighted by molar-refractivity contribution is 5.96. The molecule has 0 atom stereocenters. The number of carbonyl (C=O) groups excluding carboxylic acids is 1. The highest BCUT2D eigenvalue weighted by Gasteiger charge is 2.16. The van der Waals surface area contributed by atoms with E-state index in [0.29, 0.717) is 17.8 Å². The Bertz CT molecular complexity index is 602. The first-order chi connectivity index (χ1) is 8.99. The number of furan rings is 1. The lowest BCUT2D eigenvalue weighted by molar-refractivity contribution is 0.0774. The lowest BCUT2D eigenvalue weighted by Gasteiger charge is -2.17. The Morgan fingerprint density at radius 2 is 2.00 bits per heavy atom. The van der Waals surface area contributed by atoms with E-state index in [2.05, 4.69) is 0 Å². The summed E-state index contributed by atoms with van der Waals surface area (Å²) in [4.78, 5) is 14.0. The van der Waals surface area contributed by atoms with Gasteiger partial charge in [0.25, 0.3) is 5.91 Å². The van der Waals surface area contributed by atoms with Gasteiger partial charge in [0, 0.05) is 18.3 Å². The van der Waals surface area contributed by atoms with Gasteiger partial charge in [-0.25, -0.2) is 0 Å². The molecule has 2 aromatic rings. The first-order valence-corrected chi connectivity index (χ1v) is 6.15. The lowest BCUT2D eigenvalue weighted by atomic mass is 10.1. The molecule has 2 rings (SSSR count). The molecule has 1 heterocycles. The van der Waals surface area contributed by atoms with Crippen molar-refractivity contribution in [1.29, 1.82) is 0 Å². The molecular formula is C15H18N2O2. The zero-order valence-electron chi connectivity index (χ0n) is 11.4. The van der Waals surface area contributed by atoms with Crippen molar-refractivity contribution < 1.29 is 9.21 Å². The molecule has 0 spiro atoms. The first-order valence-electron chi connectivity index (χ1n) is 6.15.